The number of aromatic hydroxyl groups is 1. The third kappa shape index (κ3) is 3.48. The summed E-state index contributed by atoms with van der Waals surface area (Å²) in [5, 5.41) is 21.0. The molecule has 5 nitrogen and oxygen atoms in total. The van der Waals surface area contributed by atoms with Gasteiger partial charge >= 0.3 is 5.97 Å². The highest BCUT2D eigenvalue weighted by molar-refractivity contribution is 5.87. The highest BCUT2D eigenvalue weighted by atomic mass is 16.4. The van der Waals surface area contributed by atoms with Gasteiger partial charge in [-0.2, -0.15) is 0 Å². The van der Waals surface area contributed by atoms with Gasteiger partial charge in [-0.1, -0.05) is 32.9 Å². The fourth-order valence-corrected chi connectivity index (χ4v) is 1.06. The molecular formula is C13H17NO4. The topological polar surface area (TPSA) is 86.6 Å². The Hall–Kier alpha value is -2.04. The van der Waals surface area contributed by atoms with Gasteiger partial charge in [0.05, 0.1) is 5.48 Å². The summed E-state index contributed by atoms with van der Waals surface area (Å²) in [6.07, 6.45) is 0. The van der Waals surface area contributed by atoms with Gasteiger partial charge < -0.3 is 15.5 Å². The molecule has 0 bridgehead atoms. The Morgan fingerprint density at radius 3 is 2.17 bits per heavy atom. The number of hydrogen-bond acceptors (Lipinski definition) is 3. The maximum atomic E-state index is 12.0. The molecule has 0 aromatic heterocycles. The minimum Gasteiger partial charge on any atom is -0.508 e. The lowest BCUT2D eigenvalue weighted by Crippen LogP contribution is -2.40. The normalized spacial score (nSPS) is 15.9. The number of phenolic OH excluding ortho intramolecular Hbond substituents is 1. The van der Waals surface area contributed by atoms with Crippen molar-refractivity contribution in [1.82, 2.24) is 5.32 Å². The quantitative estimate of drug-likeness (QED) is 0.767. The number of rotatable bonds is 3. The van der Waals surface area contributed by atoms with Crippen molar-refractivity contribution < 1.29 is 25.3 Å². The zero-order valence-electron chi connectivity index (χ0n) is 14.3. The van der Waals surface area contributed by atoms with E-state index in [4.69, 9.17) is 5.48 Å². The highest BCUT2D eigenvalue weighted by Gasteiger charge is 2.28. The zero-order chi connectivity index (χ0) is 17.4. The molecule has 1 atom stereocenters. The first-order valence-electron chi connectivity index (χ1n) is 7.22. The molecule has 3 N–H and O–H groups in total. The highest BCUT2D eigenvalue weighted by Crippen LogP contribution is 2.20. The molecule has 98 valence electrons. The van der Waals surface area contributed by atoms with Gasteiger partial charge in [-0.05, 0) is 17.6 Å². The molecule has 0 heterocycles. The van der Waals surface area contributed by atoms with Crippen LogP contribution in [0.3, 0.4) is 0 Å². The van der Waals surface area contributed by atoms with Crippen LogP contribution in [-0.2, 0) is 9.59 Å². The van der Waals surface area contributed by atoms with Gasteiger partial charge in [-0.3, -0.25) is 4.79 Å². The lowest BCUT2D eigenvalue weighted by Gasteiger charge is -2.22. The molecule has 5 heteroatoms. The van der Waals surface area contributed by atoms with E-state index in [2.05, 4.69) is 5.32 Å². The van der Waals surface area contributed by atoms with Crippen molar-refractivity contribution in [3.8, 4) is 5.75 Å². The van der Waals surface area contributed by atoms with E-state index in [0.29, 0.717) is 0 Å². The Kier molecular flexibility index (Phi) is 2.53. The molecule has 0 saturated carbocycles. The first kappa shape index (κ1) is 8.97. The van der Waals surface area contributed by atoms with Gasteiger partial charge in [0.2, 0.25) is 5.91 Å². The monoisotopic (exact) mass is 255 g/mol. The maximum absolute atomic E-state index is 12.0. The van der Waals surface area contributed by atoms with Crippen LogP contribution in [0.4, 0.5) is 0 Å². The van der Waals surface area contributed by atoms with Gasteiger partial charge in [-0.15, -0.1) is 0 Å². The van der Waals surface area contributed by atoms with Gasteiger partial charge in [0.1, 0.15) is 5.75 Å². The van der Waals surface area contributed by atoms with Gasteiger partial charge in [-0.25, -0.2) is 4.79 Å². The summed E-state index contributed by atoms with van der Waals surface area (Å²) in [6, 6.07) is -4.68. The van der Waals surface area contributed by atoms with Gasteiger partial charge in [0.25, 0.3) is 0 Å². The minimum atomic E-state index is -1.75. The summed E-state index contributed by atoms with van der Waals surface area (Å²) in [7, 11) is 0. The second-order valence-corrected chi connectivity index (χ2v) is 4.76. The average Bonchev–Trinajstić information content (AvgIpc) is 2.40. The largest absolute Gasteiger partial charge is 0.508 e. The number of carbonyl (C=O) groups excluding carboxylic acids is 1. The average molecular weight is 255 g/mol. The number of carboxylic acid groups (broad SMARTS) is 1. The van der Waals surface area contributed by atoms with Crippen molar-refractivity contribution in [2.24, 2.45) is 5.41 Å². The summed E-state index contributed by atoms with van der Waals surface area (Å²) in [5.74, 6) is -3.01. The molecular weight excluding hydrogens is 234 g/mol. The summed E-state index contributed by atoms with van der Waals surface area (Å²) in [4.78, 5) is 23.4. The SMILES string of the molecule is [2H]c1c([2H])c([C@@H](NC(=O)C(C)(C)C)C(=O)O)c([2H])c([2H])c1O. The van der Waals surface area contributed by atoms with E-state index in [9.17, 15) is 19.8 Å². The summed E-state index contributed by atoms with van der Waals surface area (Å²) in [5.41, 5.74) is -1.40. The second kappa shape index (κ2) is 5.08. The van der Waals surface area contributed by atoms with E-state index in [-0.39, 0.29) is 0 Å². The van der Waals surface area contributed by atoms with Crippen molar-refractivity contribution in [1.29, 1.82) is 0 Å². The molecule has 0 saturated heterocycles. The zero-order valence-corrected chi connectivity index (χ0v) is 10.3. The van der Waals surface area contributed by atoms with Crippen molar-refractivity contribution >= 4 is 11.9 Å². The molecule has 1 amide bonds. The third-order valence-electron chi connectivity index (χ3n) is 2.12. The molecule has 0 aliphatic carbocycles. The number of carboxylic acids is 1. The number of nitrogens with one attached hydrogen (secondary N) is 1. The number of hydrogen-bond donors (Lipinski definition) is 3. The first-order valence-corrected chi connectivity index (χ1v) is 5.22. The Morgan fingerprint density at radius 2 is 1.78 bits per heavy atom. The number of aliphatic carboxylic acids is 1. The standard InChI is InChI=1S/C13H17NO4/c1-13(2,3)12(18)14-10(11(16)17)8-4-6-9(15)7-5-8/h4-7,10,15H,1-3H3,(H,14,18)(H,16,17)/t10-/m1/s1/i4D,5D,6D,7D. The van der Waals surface area contributed by atoms with Crippen LogP contribution >= 0.6 is 0 Å². The van der Waals surface area contributed by atoms with Crippen LogP contribution in [0.1, 0.15) is 37.9 Å². The molecule has 0 unspecified atom stereocenters. The van der Waals surface area contributed by atoms with Gasteiger partial charge in [0, 0.05) is 5.41 Å². The summed E-state index contributed by atoms with van der Waals surface area (Å²) >= 11 is 0. The Labute approximate surface area is 111 Å². The van der Waals surface area contributed by atoms with Crippen LogP contribution in [0.25, 0.3) is 0 Å². The molecule has 1 aromatic rings. The van der Waals surface area contributed by atoms with Crippen LogP contribution in [0.5, 0.6) is 5.75 Å². The van der Waals surface area contributed by atoms with E-state index in [0.717, 1.165) is 0 Å². The minimum absolute atomic E-state index is 0.502. The molecule has 0 radical (unpaired) electrons. The van der Waals surface area contributed by atoms with Crippen molar-refractivity contribution in [3.63, 3.8) is 0 Å². The number of carbonyl (C=O) groups is 2. The summed E-state index contributed by atoms with van der Waals surface area (Å²) < 4.78 is 30.5. The predicted molar refractivity (Wildman–Crippen MR) is 66.1 cm³/mol. The molecule has 0 fully saturated rings. The van der Waals surface area contributed by atoms with Crippen LogP contribution in [0.2, 0.25) is 0 Å². The molecule has 1 rings (SSSR count). The predicted octanol–water partition coefficient (Wildman–Crippen LogP) is 1.68. The lowest BCUT2D eigenvalue weighted by molar-refractivity contribution is -0.143. The van der Waals surface area contributed by atoms with Crippen LogP contribution in [-0.4, -0.2) is 22.1 Å². The Bertz CT molecular complexity index is 611. The number of amides is 1. The van der Waals surface area contributed by atoms with E-state index < -0.39 is 58.8 Å². The van der Waals surface area contributed by atoms with Gasteiger partial charge in [0.15, 0.2) is 6.04 Å². The van der Waals surface area contributed by atoms with Crippen molar-refractivity contribution in [2.45, 2.75) is 26.8 Å². The first-order chi connectivity index (χ1) is 9.89. The fourth-order valence-electron chi connectivity index (χ4n) is 1.06. The van der Waals surface area contributed by atoms with E-state index in [1.807, 2.05) is 0 Å². The van der Waals surface area contributed by atoms with Crippen LogP contribution < -0.4 is 5.32 Å². The van der Waals surface area contributed by atoms with E-state index in [1.54, 1.807) is 20.8 Å². The van der Waals surface area contributed by atoms with Crippen molar-refractivity contribution in [3.05, 3.63) is 29.7 Å². The fraction of sp³-hybridized carbons (Fsp3) is 0.385. The maximum Gasteiger partial charge on any atom is 0.330 e. The van der Waals surface area contributed by atoms with Crippen LogP contribution in [0.15, 0.2) is 24.2 Å². The number of benzene rings is 1. The lowest BCUT2D eigenvalue weighted by atomic mass is 9.94. The molecule has 0 spiro atoms. The third-order valence-corrected chi connectivity index (χ3v) is 2.12. The Morgan fingerprint density at radius 1 is 1.28 bits per heavy atom. The molecule has 1 aromatic carbocycles. The molecule has 18 heavy (non-hydrogen) atoms. The van der Waals surface area contributed by atoms with Crippen LogP contribution in [0, 0.1) is 5.41 Å². The smallest absolute Gasteiger partial charge is 0.330 e. The number of phenols is 1. The Balaban J connectivity index is 3.48. The molecule has 0 aliphatic heterocycles. The molecule has 0 aliphatic rings. The second-order valence-electron chi connectivity index (χ2n) is 4.76. The van der Waals surface area contributed by atoms with E-state index >= 15 is 0 Å². The van der Waals surface area contributed by atoms with Crippen molar-refractivity contribution in [2.75, 3.05) is 0 Å². The summed E-state index contributed by atoms with van der Waals surface area (Å²) in [6.45, 7) is 4.69. The van der Waals surface area contributed by atoms with E-state index in [1.165, 1.54) is 0 Å².